The summed E-state index contributed by atoms with van der Waals surface area (Å²) in [5, 5.41) is 9.23. The zero-order valence-electron chi connectivity index (χ0n) is 10.8. The van der Waals surface area contributed by atoms with Gasteiger partial charge in [-0.2, -0.15) is 0 Å². The predicted octanol–water partition coefficient (Wildman–Crippen LogP) is 1.13. The first-order valence-electron chi connectivity index (χ1n) is 6.82. The lowest BCUT2D eigenvalue weighted by Gasteiger charge is -2.24. The lowest BCUT2D eigenvalue weighted by molar-refractivity contribution is -0.138. The second-order valence-electron chi connectivity index (χ2n) is 5.12. The van der Waals surface area contributed by atoms with Crippen LogP contribution in [0.15, 0.2) is 12.4 Å². The highest BCUT2D eigenvalue weighted by Gasteiger charge is 2.31. The first-order valence-corrected chi connectivity index (χ1v) is 6.82. The van der Waals surface area contributed by atoms with E-state index in [0.29, 0.717) is 6.42 Å². The van der Waals surface area contributed by atoms with Gasteiger partial charge in [0, 0.05) is 25.7 Å². The molecule has 3 rings (SSSR count). The SMILES string of the molecule is O=C(O)[C@@H]1CCCN1c1cc(N2CCCC2)ncn1. The van der Waals surface area contributed by atoms with E-state index in [2.05, 4.69) is 14.9 Å². The van der Waals surface area contributed by atoms with Gasteiger partial charge in [0.2, 0.25) is 0 Å². The van der Waals surface area contributed by atoms with Crippen LogP contribution in [0.5, 0.6) is 0 Å². The number of nitrogens with zero attached hydrogens (tertiary/aromatic N) is 4. The van der Waals surface area contributed by atoms with Crippen molar-refractivity contribution in [1.82, 2.24) is 9.97 Å². The Kier molecular flexibility index (Phi) is 3.23. The molecule has 1 aromatic rings. The number of hydrogen-bond donors (Lipinski definition) is 1. The molecule has 2 aliphatic rings. The van der Waals surface area contributed by atoms with Gasteiger partial charge in [-0.1, -0.05) is 0 Å². The van der Waals surface area contributed by atoms with E-state index in [-0.39, 0.29) is 0 Å². The minimum Gasteiger partial charge on any atom is -0.480 e. The molecule has 0 amide bonds. The maximum atomic E-state index is 11.2. The molecule has 19 heavy (non-hydrogen) atoms. The Balaban J connectivity index is 1.84. The third kappa shape index (κ3) is 2.34. The van der Waals surface area contributed by atoms with Crippen molar-refractivity contribution in [2.45, 2.75) is 31.7 Å². The largest absolute Gasteiger partial charge is 0.480 e. The Morgan fingerprint density at radius 2 is 1.89 bits per heavy atom. The van der Waals surface area contributed by atoms with Crippen LogP contribution >= 0.6 is 0 Å². The Morgan fingerprint density at radius 3 is 2.63 bits per heavy atom. The molecule has 6 heteroatoms. The molecule has 0 spiro atoms. The molecule has 2 saturated heterocycles. The van der Waals surface area contributed by atoms with Crippen molar-refractivity contribution >= 4 is 17.6 Å². The molecular formula is C13H18N4O2. The highest BCUT2D eigenvalue weighted by atomic mass is 16.4. The molecule has 2 aliphatic heterocycles. The second kappa shape index (κ2) is 5.03. The number of carboxylic acid groups (broad SMARTS) is 1. The van der Waals surface area contributed by atoms with Crippen LogP contribution in [0.1, 0.15) is 25.7 Å². The van der Waals surface area contributed by atoms with Crippen LogP contribution in [-0.2, 0) is 4.79 Å². The van der Waals surface area contributed by atoms with E-state index in [1.54, 1.807) is 6.33 Å². The van der Waals surface area contributed by atoms with Gasteiger partial charge in [0.1, 0.15) is 24.0 Å². The molecule has 2 fully saturated rings. The molecule has 0 saturated carbocycles. The van der Waals surface area contributed by atoms with Crippen molar-refractivity contribution in [3.8, 4) is 0 Å². The summed E-state index contributed by atoms with van der Waals surface area (Å²) >= 11 is 0. The van der Waals surface area contributed by atoms with Crippen LogP contribution < -0.4 is 9.80 Å². The number of hydrogen-bond acceptors (Lipinski definition) is 5. The standard InChI is InChI=1S/C13H18N4O2/c18-13(19)10-4-3-7-17(10)12-8-11(14-9-15-12)16-5-1-2-6-16/h8-10H,1-7H2,(H,18,19)/t10-/m0/s1. The fourth-order valence-corrected chi connectivity index (χ4v) is 2.91. The van der Waals surface area contributed by atoms with Crippen molar-refractivity contribution < 1.29 is 9.90 Å². The minimum absolute atomic E-state index is 0.443. The number of aliphatic carboxylic acids is 1. The number of anilines is 2. The highest BCUT2D eigenvalue weighted by Crippen LogP contribution is 2.27. The average Bonchev–Trinajstić information content (AvgIpc) is 3.10. The molecule has 0 aliphatic carbocycles. The second-order valence-corrected chi connectivity index (χ2v) is 5.12. The van der Waals surface area contributed by atoms with E-state index in [1.165, 1.54) is 12.8 Å². The van der Waals surface area contributed by atoms with E-state index in [0.717, 1.165) is 37.7 Å². The first kappa shape index (κ1) is 12.2. The summed E-state index contributed by atoms with van der Waals surface area (Å²) < 4.78 is 0. The van der Waals surface area contributed by atoms with Gasteiger partial charge in [0.25, 0.3) is 0 Å². The van der Waals surface area contributed by atoms with Crippen molar-refractivity contribution in [2.24, 2.45) is 0 Å². The maximum Gasteiger partial charge on any atom is 0.326 e. The summed E-state index contributed by atoms with van der Waals surface area (Å²) in [6.45, 7) is 2.81. The van der Waals surface area contributed by atoms with Crippen molar-refractivity contribution in [2.75, 3.05) is 29.4 Å². The molecule has 102 valence electrons. The summed E-state index contributed by atoms with van der Waals surface area (Å²) in [4.78, 5) is 23.9. The number of carboxylic acids is 1. The fraction of sp³-hybridized carbons (Fsp3) is 0.615. The zero-order valence-corrected chi connectivity index (χ0v) is 10.8. The van der Waals surface area contributed by atoms with Crippen LogP contribution in [0.3, 0.4) is 0 Å². The predicted molar refractivity (Wildman–Crippen MR) is 71.5 cm³/mol. The third-order valence-electron chi connectivity index (χ3n) is 3.90. The normalized spacial score (nSPS) is 23.1. The number of rotatable bonds is 3. The van der Waals surface area contributed by atoms with Gasteiger partial charge >= 0.3 is 5.97 Å². The topological polar surface area (TPSA) is 69.6 Å². The zero-order chi connectivity index (χ0) is 13.2. The molecule has 0 unspecified atom stereocenters. The third-order valence-corrected chi connectivity index (χ3v) is 3.90. The van der Waals surface area contributed by atoms with Crippen molar-refractivity contribution in [3.05, 3.63) is 12.4 Å². The van der Waals surface area contributed by atoms with Crippen molar-refractivity contribution in [1.29, 1.82) is 0 Å². The van der Waals surface area contributed by atoms with Gasteiger partial charge in [-0.3, -0.25) is 0 Å². The highest BCUT2D eigenvalue weighted by molar-refractivity contribution is 5.78. The van der Waals surface area contributed by atoms with Crippen LogP contribution in [-0.4, -0.2) is 46.7 Å². The van der Waals surface area contributed by atoms with Crippen LogP contribution in [0.25, 0.3) is 0 Å². The van der Waals surface area contributed by atoms with Gasteiger partial charge in [-0.25, -0.2) is 14.8 Å². The maximum absolute atomic E-state index is 11.2. The Morgan fingerprint density at radius 1 is 1.16 bits per heavy atom. The number of aromatic nitrogens is 2. The van der Waals surface area contributed by atoms with E-state index in [1.807, 2.05) is 11.0 Å². The van der Waals surface area contributed by atoms with Gasteiger partial charge in [0.15, 0.2) is 0 Å². The molecule has 0 bridgehead atoms. The average molecular weight is 262 g/mol. The lowest BCUT2D eigenvalue weighted by Crippen LogP contribution is -2.36. The molecule has 0 radical (unpaired) electrons. The molecule has 1 atom stereocenters. The van der Waals surface area contributed by atoms with Gasteiger partial charge in [0.05, 0.1) is 0 Å². The molecule has 0 aromatic carbocycles. The Bertz CT molecular complexity index is 473. The lowest BCUT2D eigenvalue weighted by atomic mass is 10.2. The molecular weight excluding hydrogens is 244 g/mol. The van der Waals surface area contributed by atoms with Gasteiger partial charge in [-0.15, -0.1) is 0 Å². The van der Waals surface area contributed by atoms with E-state index in [4.69, 9.17) is 0 Å². The summed E-state index contributed by atoms with van der Waals surface area (Å²) in [7, 11) is 0. The van der Waals surface area contributed by atoms with E-state index in [9.17, 15) is 9.90 Å². The molecule has 3 heterocycles. The summed E-state index contributed by atoms with van der Waals surface area (Å²) in [6, 6.07) is 1.48. The van der Waals surface area contributed by atoms with Crippen LogP contribution in [0, 0.1) is 0 Å². The van der Waals surface area contributed by atoms with Crippen molar-refractivity contribution in [3.63, 3.8) is 0 Å². The minimum atomic E-state index is -0.765. The van der Waals surface area contributed by atoms with Crippen LogP contribution in [0.4, 0.5) is 11.6 Å². The Labute approximate surface area is 112 Å². The van der Waals surface area contributed by atoms with E-state index < -0.39 is 12.0 Å². The molecule has 1 aromatic heterocycles. The quantitative estimate of drug-likeness (QED) is 0.880. The Hall–Kier alpha value is -1.85. The first-order chi connectivity index (χ1) is 9.25. The van der Waals surface area contributed by atoms with Gasteiger partial charge < -0.3 is 14.9 Å². The van der Waals surface area contributed by atoms with Gasteiger partial charge in [-0.05, 0) is 25.7 Å². The molecule has 1 N–H and O–H groups in total. The smallest absolute Gasteiger partial charge is 0.326 e. The summed E-state index contributed by atoms with van der Waals surface area (Å²) in [5.41, 5.74) is 0. The fourth-order valence-electron chi connectivity index (χ4n) is 2.91. The summed E-state index contributed by atoms with van der Waals surface area (Å²) in [5.74, 6) is 0.888. The molecule has 6 nitrogen and oxygen atoms in total. The van der Waals surface area contributed by atoms with Crippen LogP contribution in [0.2, 0.25) is 0 Å². The number of carbonyl (C=O) groups is 1. The summed E-state index contributed by atoms with van der Waals surface area (Å²) in [6.07, 6.45) is 5.53. The monoisotopic (exact) mass is 262 g/mol. The van der Waals surface area contributed by atoms with E-state index >= 15 is 0 Å².